The zero-order valence-electron chi connectivity index (χ0n) is 23.8. The molecule has 1 heterocycles. The highest BCUT2D eigenvalue weighted by Crippen LogP contribution is 2.25. The standard InChI is InChI=1S/C35H40N4O2/c1-3-4-5-9-14-34(40)38-23-10-13-31-21-22-32(37-27(2)15-16-28-11-7-6-8-12-28)24-33(31)35(41)39(38)26-30-19-17-29(25-36)18-20-30/h3-9,11-12,14,17-22,24,27,37H,1,10,13,15-16,23,25-26,36H2,2H3/b5-4-,14-9-. The monoisotopic (exact) mass is 548 g/mol. The van der Waals surface area contributed by atoms with Crippen LogP contribution in [0.2, 0.25) is 0 Å². The lowest BCUT2D eigenvalue weighted by molar-refractivity contribution is -0.140. The van der Waals surface area contributed by atoms with Crippen molar-refractivity contribution >= 4 is 17.5 Å². The normalized spacial score (nSPS) is 14.5. The summed E-state index contributed by atoms with van der Waals surface area (Å²) >= 11 is 0. The van der Waals surface area contributed by atoms with Gasteiger partial charge in [0.2, 0.25) is 0 Å². The van der Waals surface area contributed by atoms with Crippen molar-refractivity contribution in [2.24, 2.45) is 5.73 Å². The first kappa shape index (κ1) is 29.6. The molecule has 4 rings (SSSR count). The van der Waals surface area contributed by atoms with Crippen LogP contribution < -0.4 is 11.1 Å². The molecule has 0 aromatic heterocycles. The van der Waals surface area contributed by atoms with E-state index < -0.39 is 0 Å². The Kier molecular flexibility index (Phi) is 10.7. The van der Waals surface area contributed by atoms with E-state index >= 15 is 0 Å². The molecule has 41 heavy (non-hydrogen) atoms. The Labute approximate surface area is 243 Å². The Morgan fingerprint density at radius 2 is 1.76 bits per heavy atom. The van der Waals surface area contributed by atoms with E-state index in [4.69, 9.17) is 5.73 Å². The highest BCUT2D eigenvalue weighted by atomic mass is 16.2. The van der Waals surface area contributed by atoms with Crippen molar-refractivity contribution in [1.29, 1.82) is 0 Å². The summed E-state index contributed by atoms with van der Waals surface area (Å²) in [6.07, 6.45) is 11.7. The van der Waals surface area contributed by atoms with Crippen molar-refractivity contribution in [2.75, 3.05) is 11.9 Å². The molecule has 0 fully saturated rings. The van der Waals surface area contributed by atoms with E-state index in [2.05, 4.69) is 49.2 Å². The van der Waals surface area contributed by atoms with Crippen LogP contribution >= 0.6 is 0 Å². The van der Waals surface area contributed by atoms with Crippen molar-refractivity contribution in [3.8, 4) is 0 Å². The van der Waals surface area contributed by atoms with E-state index in [1.54, 1.807) is 34.3 Å². The van der Waals surface area contributed by atoms with E-state index in [1.165, 1.54) is 11.6 Å². The molecule has 3 aromatic rings. The van der Waals surface area contributed by atoms with Crippen LogP contribution in [-0.2, 0) is 30.7 Å². The summed E-state index contributed by atoms with van der Waals surface area (Å²) in [5, 5.41) is 6.74. The maximum absolute atomic E-state index is 14.2. The van der Waals surface area contributed by atoms with Crippen LogP contribution in [0, 0.1) is 0 Å². The van der Waals surface area contributed by atoms with Gasteiger partial charge >= 0.3 is 0 Å². The number of aryl methyl sites for hydroxylation is 2. The Morgan fingerprint density at radius 3 is 2.49 bits per heavy atom. The molecule has 3 aromatic carbocycles. The topological polar surface area (TPSA) is 78.7 Å². The summed E-state index contributed by atoms with van der Waals surface area (Å²) in [6, 6.07) is 24.6. The number of nitrogens with zero attached hydrogens (tertiary/aromatic N) is 2. The second-order valence-electron chi connectivity index (χ2n) is 10.4. The summed E-state index contributed by atoms with van der Waals surface area (Å²) < 4.78 is 0. The molecular weight excluding hydrogens is 508 g/mol. The Hall–Kier alpha value is -4.42. The number of carbonyl (C=O) groups excluding carboxylic acids is 2. The second kappa shape index (κ2) is 14.8. The highest BCUT2D eigenvalue weighted by molar-refractivity contribution is 5.99. The lowest BCUT2D eigenvalue weighted by atomic mass is 9.99. The molecule has 1 unspecified atom stereocenters. The lowest BCUT2D eigenvalue weighted by Gasteiger charge is -2.36. The van der Waals surface area contributed by atoms with Crippen LogP contribution in [0.1, 0.15) is 52.4 Å². The number of amides is 2. The fraction of sp³-hybridized carbons (Fsp3) is 0.257. The van der Waals surface area contributed by atoms with Gasteiger partial charge in [-0.05, 0) is 67.0 Å². The third-order valence-corrected chi connectivity index (χ3v) is 7.25. The van der Waals surface area contributed by atoms with Crippen molar-refractivity contribution in [2.45, 2.75) is 51.7 Å². The molecule has 0 bridgehead atoms. The van der Waals surface area contributed by atoms with Crippen LogP contribution in [0.4, 0.5) is 5.69 Å². The predicted octanol–water partition coefficient (Wildman–Crippen LogP) is 6.21. The van der Waals surface area contributed by atoms with Gasteiger partial charge in [-0.25, -0.2) is 10.0 Å². The molecule has 0 aliphatic carbocycles. The number of rotatable bonds is 11. The van der Waals surface area contributed by atoms with E-state index in [0.717, 1.165) is 41.6 Å². The number of hydrogen-bond donors (Lipinski definition) is 2. The van der Waals surface area contributed by atoms with Crippen LogP contribution in [-0.4, -0.2) is 34.4 Å². The quantitative estimate of drug-likeness (QED) is 0.221. The van der Waals surface area contributed by atoms with Crippen LogP contribution in [0.3, 0.4) is 0 Å². The highest BCUT2D eigenvalue weighted by Gasteiger charge is 2.30. The molecule has 0 spiro atoms. The van der Waals surface area contributed by atoms with Crippen LogP contribution in [0.5, 0.6) is 0 Å². The van der Waals surface area contributed by atoms with E-state index in [0.29, 0.717) is 25.1 Å². The fourth-order valence-corrected chi connectivity index (χ4v) is 4.96. The first-order chi connectivity index (χ1) is 20.0. The minimum absolute atomic E-state index is 0.188. The smallest absolute Gasteiger partial charge is 0.273 e. The summed E-state index contributed by atoms with van der Waals surface area (Å²) in [5.74, 6) is -0.426. The molecule has 2 amide bonds. The number of carbonyl (C=O) groups is 2. The number of hydrogen-bond acceptors (Lipinski definition) is 4. The van der Waals surface area contributed by atoms with Gasteiger partial charge in [0, 0.05) is 36.5 Å². The number of allylic oxidation sites excluding steroid dienone is 4. The van der Waals surface area contributed by atoms with Gasteiger partial charge in [-0.15, -0.1) is 0 Å². The third-order valence-electron chi connectivity index (χ3n) is 7.25. The van der Waals surface area contributed by atoms with Gasteiger partial charge in [0.1, 0.15) is 0 Å². The Balaban J connectivity index is 1.59. The number of anilines is 1. The lowest BCUT2D eigenvalue weighted by Crippen LogP contribution is -2.50. The Morgan fingerprint density at radius 1 is 1.00 bits per heavy atom. The molecule has 3 N–H and O–H groups in total. The molecule has 0 saturated heterocycles. The molecule has 1 aliphatic rings. The summed E-state index contributed by atoms with van der Waals surface area (Å²) in [5.41, 5.74) is 11.6. The molecule has 6 heteroatoms. The minimum atomic E-state index is -0.238. The SMILES string of the molecule is C=C/C=C\C=C/C(=O)N1CCCc2ccc(NC(C)CCc3ccccc3)cc2C(=O)N1Cc1ccc(CN)cc1. The molecule has 0 radical (unpaired) electrons. The van der Waals surface area contributed by atoms with Gasteiger partial charge < -0.3 is 11.1 Å². The second-order valence-corrected chi connectivity index (χ2v) is 10.4. The molecule has 1 aliphatic heterocycles. The number of hydrazine groups is 1. The van der Waals surface area contributed by atoms with Gasteiger partial charge in [-0.3, -0.25) is 9.59 Å². The number of fused-ring (bicyclic) bond motifs is 1. The molecule has 0 saturated carbocycles. The average Bonchev–Trinajstić information content (AvgIpc) is 3.00. The van der Waals surface area contributed by atoms with E-state index in [9.17, 15) is 9.59 Å². The first-order valence-corrected chi connectivity index (χ1v) is 14.3. The van der Waals surface area contributed by atoms with Crippen molar-refractivity contribution in [3.05, 3.63) is 138 Å². The fourth-order valence-electron chi connectivity index (χ4n) is 4.96. The first-order valence-electron chi connectivity index (χ1n) is 14.3. The van der Waals surface area contributed by atoms with E-state index in [1.807, 2.05) is 42.5 Å². The summed E-state index contributed by atoms with van der Waals surface area (Å²) in [4.78, 5) is 27.5. The third kappa shape index (κ3) is 8.29. The molecule has 6 nitrogen and oxygen atoms in total. The number of benzene rings is 3. The Bertz CT molecular complexity index is 1380. The maximum Gasteiger partial charge on any atom is 0.273 e. The predicted molar refractivity (Wildman–Crippen MR) is 167 cm³/mol. The molecule has 212 valence electrons. The van der Waals surface area contributed by atoms with Crippen molar-refractivity contribution < 1.29 is 9.59 Å². The van der Waals surface area contributed by atoms with Crippen molar-refractivity contribution in [3.63, 3.8) is 0 Å². The molecule has 1 atom stereocenters. The van der Waals surface area contributed by atoms with Gasteiger partial charge in [-0.1, -0.05) is 91.5 Å². The van der Waals surface area contributed by atoms with Gasteiger partial charge in [0.25, 0.3) is 11.8 Å². The number of nitrogens with one attached hydrogen (secondary N) is 1. The van der Waals surface area contributed by atoms with Crippen LogP contribution in [0.25, 0.3) is 0 Å². The van der Waals surface area contributed by atoms with Crippen molar-refractivity contribution in [1.82, 2.24) is 10.0 Å². The number of nitrogens with two attached hydrogens (primary N) is 1. The maximum atomic E-state index is 14.2. The van der Waals surface area contributed by atoms with Crippen LogP contribution in [0.15, 0.2) is 110 Å². The van der Waals surface area contributed by atoms with E-state index in [-0.39, 0.29) is 24.4 Å². The zero-order chi connectivity index (χ0) is 29.0. The van der Waals surface area contributed by atoms with Gasteiger partial charge in [-0.2, -0.15) is 0 Å². The molecular formula is C35H40N4O2. The summed E-state index contributed by atoms with van der Waals surface area (Å²) in [6.45, 7) is 6.98. The minimum Gasteiger partial charge on any atom is -0.383 e. The average molecular weight is 549 g/mol. The van der Waals surface area contributed by atoms with Gasteiger partial charge in [0.15, 0.2) is 0 Å². The summed E-state index contributed by atoms with van der Waals surface area (Å²) in [7, 11) is 0. The largest absolute Gasteiger partial charge is 0.383 e. The zero-order valence-corrected chi connectivity index (χ0v) is 23.8. The van der Waals surface area contributed by atoms with Gasteiger partial charge in [0.05, 0.1) is 6.54 Å².